The number of allylic oxidation sites excluding steroid dienone is 2. The monoisotopic (exact) mass is 519 g/mol. The minimum absolute atomic E-state index is 0.306. The average Bonchev–Trinajstić information content (AvgIpc) is 3.24. The van der Waals surface area contributed by atoms with Gasteiger partial charge in [0.15, 0.2) is 0 Å². The van der Waals surface area contributed by atoms with Crippen LogP contribution in [0.2, 0.25) is 0 Å². The number of alkyl halides is 3. The number of furan rings is 1. The zero-order valence-corrected chi connectivity index (χ0v) is 22.0. The van der Waals surface area contributed by atoms with E-state index in [1.807, 2.05) is 44.2 Å². The predicted octanol–water partition coefficient (Wildman–Crippen LogP) is 8.33. The molecule has 0 radical (unpaired) electrons. The third-order valence-electron chi connectivity index (χ3n) is 5.90. The van der Waals surface area contributed by atoms with E-state index in [1.54, 1.807) is 44.4 Å². The molecule has 0 bridgehead atoms. The second-order valence-corrected chi connectivity index (χ2v) is 11.3. The second kappa shape index (κ2) is 11.1. The van der Waals surface area contributed by atoms with Gasteiger partial charge in [-0.05, 0) is 69.5 Å². The largest absolute Gasteiger partial charge is 0.464 e. The van der Waals surface area contributed by atoms with E-state index in [1.165, 1.54) is 0 Å². The van der Waals surface area contributed by atoms with Crippen LogP contribution in [0.15, 0.2) is 70.3 Å². The number of benzene rings is 1. The summed E-state index contributed by atoms with van der Waals surface area (Å²) in [4.78, 5) is 17.3. The summed E-state index contributed by atoms with van der Waals surface area (Å²) in [5.41, 5.74) is -1.73. The number of rotatable bonds is 10. The van der Waals surface area contributed by atoms with Gasteiger partial charge in [-0.3, -0.25) is 9.78 Å². The number of carbonyl (C=O) groups excluding carboxylic acids is 1. The Morgan fingerprint density at radius 1 is 1.17 bits per heavy atom. The van der Waals surface area contributed by atoms with E-state index in [9.17, 15) is 18.0 Å². The molecule has 0 aliphatic carbocycles. The lowest BCUT2D eigenvalue weighted by Crippen LogP contribution is -2.43. The first kappa shape index (κ1) is 27.8. The molecule has 0 aliphatic rings. The van der Waals surface area contributed by atoms with Crippen LogP contribution in [0.3, 0.4) is 0 Å². The zero-order valence-electron chi connectivity index (χ0n) is 21.2. The first-order valence-electron chi connectivity index (χ1n) is 11.8. The van der Waals surface area contributed by atoms with Crippen LogP contribution in [0, 0.1) is 16.7 Å². The van der Waals surface area contributed by atoms with Gasteiger partial charge in [0.25, 0.3) is 0 Å². The van der Waals surface area contributed by atoms with Gasteiger partial charge < -0.3 is 9.15 Å². The van der Waals surface area contributed by atoms with Gasteiger partial charge in [-0.1, -0.05) is 26.0 Å². The molecule has 1 atom stereocenters. The van der Waals surface area contributed by atoms with Gasteiger partial charge in [-0.15, -0.1) is 11.8 Å². The molecule has 3 aromatic rings. The van der Waals surface area contributed by atoms with Crippen molar-refractivity contribution >= 4 is 28.7 Å². The summed E-state index contributed by atoms with van der Waals surface area (Å²) >= 11 is 1.06. The number of fused-ring (bicyclic) bond motifs is 1. The molecule has 0 amide bonds. The van der Waals surface area contributed by atoms with Crippen molar-refractivity contribution in [1.29, 1.82) is 0 Å². The SMILES string of the molecule is CC(C)C=CCC(C)(C)C(=O)OCC(C)(CSc1ccc2cc(-c3cccnc3)oc2c1)C(F)(F)F. The lowest BCUT2D eigenvalue weighted by molar-refractivity contribution is -0.226. The number of pyridine rings is 1. The average molecular weight is 520 g/mol. The van der Waals surface area contributed by atoms with E-state index < -0.39 is 29.6 Å². The number of halogens is 3. The van der Waals surface area contributed by atoms with Gasteiger partial charge in [0, 0.05) is 34.0 Å². The molecular formula is C28H32F3NO3S. The van der Waals surface area contributed by atoms with Crippen LogP contribution in [0.25, 0.3) is 22.3 Å². The molecule has 0 spiro atoms. The Kier molecular flexibility index (Phi) is 8.59. The number of thioether (sulfide) groups is 1. The van der Waals surface area contributed by atoms with Gasteiger partial charge in [0.05, 0.1) is 5.41 Å². The van der Waals surface area contributed by atoms with Gasteiger partial charge in [0.2, 0.25) is 0 Å². The fourth-order valence-corrected chi connectivity index (χ4v) is 4.43. The molecular weight excluding hydrogens is 487 g/mol. The van der Waals surface area contributed by atoms with Crippen molar-refractivity contribution in [3.8, 4) is 11.3 Å². The highest BCUT2D eigenvalue weighted by molar-refractivity contribution is 7.99. The van der Waals surface area contributed by atoms with Crippen molar-refractivity contribution in [2.45, 2.75) is 52.1 Å². The summed E-state index contributed by atoms with van der Waals surface area (Å²) in [5.74, 6) is 0.0123. The summed E-state index contributed by atoms with van der Waals surface area (Å²) < 4.78 is 53.3. The molecule has 36 heavy (non-hydrogen) atoms. The topological polar surface area (TPSA) is 52.3 Å². The van der Waals surface area contributed by atoms with E-state index in [-0.39, 0.29) is 5.75 Å². The molecule has 0 saturated carbocycles. The number of hydrogen-bond acceptors (Lipinski definition) is 5. The van der Waals surface area contributed by atoms with E-state index >= 15 is 0 Å². The fraction of sp³-hybridized carbons (Fsp3) is 0.429. The second-order valence-electron chi connectivity index (χ2n) is 10.2. The highest BCUT2D eigenvalue weighted by atomic mass is 32.2. The van der Waals surface area contributed by atoms with Crippen LogP contribution < -0.4 is 0 Å². The van der Waals surface area contributed by atoms with E-state index in [4.69, 9.17) is 9.15 Å². The molecule has 1 unspecified atom stereocenters. The standard InChI is InChI=1S/C28H32F3NO3S/c1-19(2)8-6-12-26(3,4)25(33)34-17-27(5,28(29,30)31)18-36-22-11-10-20-14-23(35-24(20)15-22)21-9-7-13-32-16-21/h6-11,13-16,19H,12,17-18H2,1-5H3. The van der Waals surface area contributed by atoms with E-state index in [0.29, 0.717) is 28.6 Å². The maximum atomic E-state index is 14.0. The number of nitrogens with zero attached hydrogens (tertiary/aromatic N) is 1. The normalized spacial score (nSPS) is 14.5. The van der Waals surface area contributed by atoms with Crippen LogP contribution in [0.5, 0.6) is 0 Å². The lowest BCUT2D eigenvalue weighted by Gasteiger charge is -2.32. The van der Waals surface area contributed by atoms with Gasteiger partial charge in [-0.2, -0.15) is 13.2 Å². The number of esters is 1. The predicted molar refractivity (Wildman–Crippen MR) is 138 cm³/mol. The molecule has 1 aromatic carbocycles. The molecule has 0 aliphatic heterocycles. The smallest absolute Gasteiger partial charge is 0.398 e. The first-order valence-corrected chi connectivity index (χ1v) is 12.8. The summed E-state index contributed by atoms with van der Waals surface area (Å²) in [6.07, 6.45) is 3.03. The molecule has 194 valence electrons. The van der Waals surface area contributed by atoms with Crippen LogP contribution in [0.1, 0.15) is 41.0 Å². The molecule has 0 fully saturated rings. The summed E-state index contributed by atoms with van der Waals surface area (Å²) in [5, 5.41) is 0.847. The zero-order chi connectivity index (χ0) is 26.6. The van der Waals surface area contributed by atoms with Crippen molar-refractivity contribution in [3.63, 3.8) is 0 Å². The minimum atomic E-state index is -4.55. The third kappa shape index (κ3) is 6.93. The van der Waals surface area contributed by atoms with E-state index in [2.05, 4.69) is 4.98 Å². The number of ether oxygens (including phenoxy) is 1. The highest BCUT2D eigenvalue weighted by Gasteiger charge is 2.52. The minimum Gasteiger partial charge on any atom is -0.464 e. The van der Waals surface area contributed by atoms with E-state index in [0.717, 1.165) is 29.6 Å². The Hall–Kier alpha value is -2.74. The Morgan fingerprint density at radius 3 is 2.56 bits per heavy atom. The van der Waals surface area contributed by atoms with Crippen molar-refractivity contribution in [1.82, 2.24) is 4.98 Å². The highest BCUT2D eigenvalue weighted by Crippen LogP contribution is 2.43. The molecule has 2 heterocycles. The molecule has 0 saturated heterocycles. The fourth-order valence-electron chi connectivity index (χ4n) is 3.34. The Labute approximate surface area is 214 Å². The Morgan fingerprint density at radius 2 is 1.92 bits per heavy atom. The van der Waals surface area contributed by atoms with Crippen molar-refractivity contribution in [2.75, 3.05) is 12.4 Å². The van der Waals surface area contributed by atoms with Gasteiger partial charge in [-0.25, -0.2) is 0 Å². The molecule has 4 nitrogen and oxygen atoms in total. The first-order chi connectivity index (χ1) is 16.8. The lowest BCUT2D eigenvalue weighted by atomic mass is 9.88. The van der Waals surface area contributed by atoms with Crippen LogP contribution in [-0.2, 0) is 9.53 Å². The van der Waals surface area contributed by atoms with Crippen molar-refractivity contribution in [2.24, 2.45) is 16.7 Å². The van der Waals surface area contributed by atoms with Crippen LogP contribution in [0.4, 0.5) is 13.2 Å². The summed E-state index contributed by atoms with van der Waals surface area (Å²) in [6, 6.07) is 10.9. The number of aromatic nitrogens is 1. The van der Waals surface area contributed by atoms with Crippen molar-refractivity contribution < 1.29 is 27.1 Å². The van der Waals surface area contributed by atoms with Gasteiger partial charge in [0.1, 0.15) is 23.4 Å². The summed E-state index contributed by atoms with van der Waals surface area (Å²) in [6.45, 7) is 7.73. The maximum absolute atomic E-state index is 14.0. The summed E-state index contributed by atoms with van der Waals surface area (Å²) in [7, 11) is 0. The molecule has 3 rings (SSSR count). The van der Waals surface area contributed by atoms with Crippen LogP contribution in [-0.4, -0.2) is 29.5 Å². The Bertz CT molecular complexity index is 1200. The molecule has 2 aromatic heterocycles. The quantitative estimate of drug-likeness (QED) is 0.153. The third-order valence-corrected chi connectivity index (χ3v) is 7.27. The van der Waals surface area contributed by atoms with Gasteiger partial charge >= 0.3 is 12.1 Å². The van der Waals surface area contributed by atoms with Crippen molar-refractivity contribution in [3.05, 3.63) is 60.9 Å². The number of carbonyl (C=O) groups is 1. The Balaban J connectivity index is 1.69. The number of hydrogen-bond donors (Lipinski definition) is 0. The van der Waals surface area contributed by atoms with Crippen LogP contribution >= 0.6 is 11.8 Å². The molecule has 0 N–H and O–H groups in total. The molecule has 8 heteroatoms. The maximum Gasteiger partial charge on any atom is 0.398 e.